The number of aliphatic hydroxyl groups excluding tert-OH is 1. The fourth-order valence-corrected chi connectivity index (χ4v) is 3.73. The smallest absolute Gasteiger partial charge is 0.338 e. The van der Waals surface area contributed by atoms with Crippen LogP contribution in [0.4, 0.5) is 4.39 Å². The molecule has 1 heterocycles. The van der Waals surface area contributed by atoms with Gasteiger partial charge < -0.3 is 14.6 Å². The van der Waals surface area contributed by atoms with Gasteiger partial charge >= 0.3 is 11.9 Å². The van der Waals surface area contributed by atoms with Crippen molar-refractivity contribution in [1.82, 2.24) is 0 Å². The Morgan fingerprint density at radius 1 is 0.962 bits per heavy atom. The lowest BCUT2D eigenvalue weighted by Crippen LogP contribution is -2.36. The van der Waals surface area contributed by atoms with Gasteiger partial charge in [-0.3, -0.25) is 0 Å². The number of halogens is 1. The molecule has 136 valence electrons. The maximum absolute atomic E-state index is 14.3. The molecule has 26 heavy (non-hydrogen) atoms. The summed E-state index contributed by atoms with van der Waals surface area (Å²) in [5, 5.41) is 9.07. The highest BCUT2D eigenvalue weighted by Gasteiger charge is 2.47. The standard InChI is InChI=1S/C19H17FO5S/c20-15-16(25-18(22)13-9-5-2-6-10-13)14(26-19(15)23)11-24-17(21)12-7-3-1-4-8-12/h1-10,14-16,19,23H,11H2/t14-,15+,16-,19?/m1/s1. The molecule has 0 aliphatic carbocycles. The van der Waals surface area contributed by atoms with E-state index in [1.165, 1.54) is 0 Å². The van der Waals surface area contributed by atoms with E-state index in [1.54, 1.807) is 60.7 Å². The molecule has 1 N–H and O–H groups in total. The summed E-state index contributed by atoms with van der Waals surface area (Å²) in [6.07, 6.45) is -2.96. The first-order valence-electron chi connectivity index (χ1n) is 8.02. The number of carbonyl (C=O) groups excluding carboxylic acids is 2. The molecule has 0 bridgehead atoms. The Kier molecular flexibility index (Phi) is 5.90. The van der Waals surface area contributed by atoms with Gasteiger partial charge in [-0.15, -0.1) is 11.8 Å². The number of carbonyl (C=O) groups is 2. The van der Waals surface area contributed by atoms with Crippen LogP contribution in [0.1, 0.15) is 20.7 Å². The number of hydrogen-bond donors (Lipinski definition) is 1. The molecule has 1 aliphatic heterocycles. The molecule has 1 fully saturated rings. The van der Waals surface area contributed by atoms with Crippen LogP contribution >= 0.6 is 11.8 Å². The number of rotatable bonds is 5. The van der Waals surface area contributed by atoms with Crippen LogP contribution < -0.4 is 0 Å². The molecule has 0 radical (unpaired) electrons. The van der Waals surface area contributed by atoms with Gasteiger partial charge in [0.1, 0.15) is 12.0 Å². The zero-order valence-electron chi connectivity index (χ0n) is 13.7. The van der Waals surface area contributed by atoms with Crippen molar-refractivity contribution in [2.24, 2.45) is 0 Å². The van der Waals surface area contributed by atoms with Crippen molar-refractivity contribution >= 4 is 23.7 Å². The van der Waals surface area contributed by atoms with Crippen LogP contribution in [0.2, 0.25) is 0 Å². The molecular weight excluding hydrogens is 359 g/mol. The number of benzene rings is 2. The van der Waals surface area contributed by atoms with Crippen molar-refractivity contribution in [3.05, 3.63) is 71.8 Å². The first-order chi connectivity index (χ1) is 12.6. The Balaban J connectivity index is 1.63. The number of hydrogen-bond acceptors (Lipinski definition) is 6. The van der Waals surface area contributed by atoms with Crippen LogP contribution in [-0.4, -0.2) is 46.6 Å². The predicted molar refractivity (Wildman–Crippen MR) is 94.7 cm³/mol. The molecule has 5 nitrogen and oxygen atoms in total. The molecule has 0 spiro atoms. The summed E-state index contributed by atoms with van der Waals surface area (Å²) in [7, 11) is 0. The number of ether oxygens (including phenoxy) is 2. The van der Waals surface area contributed by atoms with E-state index in [0.29, 0.717) is 5.56 Å². The van der Waals surface area contributed by atoms with Crippen LogP contribution in [0, 0.1) is 0 Å². The normalized spacial score (nSPS) is 24.8. The molecule has 2 aromatic carbocycles. The van der Waals surface area contributed by atoms with Crippen molar-refractivity contribution < 1.29 is 28.6 Å². The highest BCUT2D eigenvalue weighted by molar-refractivity contribution is 8.00. The fraction of sp³-hybridized carbons (Fsp3) is 0.263. The van der Waals surface area contributed by atoms with Crippen molar-refractivity contribution in [2.75, 3.05) is 6.61 Å². The van der Waals surface area contributed by atoms with Crippen molar-refractivity contribution in [3.63, 3.8) is 0 Å². The van der Waals surface area contributed by atoms with Gasteiger partial charge in [0.25, 0.3) is 0 Å². The molecule has 1 aliphatic rings. The van der Waals surface area contributed by atoms with E-state index in [9.17, 15) is 19.1 Å². The van der Waals surface area contributed by atoms with Crippen LogP contribution in [0.25, 0.3) is 0 Å². The summed E-state index contributed by atoms with van der Waals surface area (Å²) in [6, 6.07) is 16.6. The van der Waals surface area contributed by atoms with Gasteiger partial charge in [-0.25, -0.2) is 14.0 Å². The molecule has 3 rings (SSSR count). The highest BCUT2D eigenvalue weighted by atomic mass is 32.2. The average Bonchev–Trinajstić information content (AvgIpc) is 2.95. The van der Waals surface area contributed by atoms with Crippen LogP contribution in [0.3, 0.4) is 0 Å². The Bertz CT molecular complexity index is 755. The SMILES string of the molecule is O=C(OC[C@H]1SC(O)[C@@H](F)[C@@H]1OC(=O)c1ccccc1)c1ccccc1. The van der Waals surface area contributed by atoms with E-state index in [2.05, 4.69) is 0 Å². The van der Waals surface area contributed by atoms with Gasteiger partial charge in [0.15, 0.2) is 12.3 Å². The lowest BCUT2D eigenvalue weighted by Gasteiger charge is -2.20. The van der Waals surface area contributed by atoms with Crippen molar-refractivity contribution in [2.45, 2.75) is 23.0 Å². The Hall–Kier alpha value is -2.38. The third-order valence-corrected chi connectivity index (χ3v) is 5.20. The van der Waals surface area contributed by atoms with Gasteiger partial charge in [0, 0.05) is 0 Å². The third kappa shape index (κ3) is 4.23. The summed E-state index contributed by atoms with van der Waals surface area (Å²) < 4.78 is 24.7. The lowest BCUT2D eigenvalue weighted by atomic mass is 10.1. The highest BCUT2D eigenvalue weighted by Crippen LogP contribution is 2.37. The first-order valence-corrected chi connectivity index (χ1v) is 8.96. The summed E-state index contributed by atoms with van der Waals surface area (Å²) in [5.74, 6) is -1.25. The minimum absolute atomic E-state index is 0.178. The van der Waals surface area contributed by atoms with Crippen LogP contribution in [-0.2, 0) is 9.47 Å². The molecule has 2 aromatic rings. The van der Waals surface area contributed by atoms with Crippen LogP contribution in [0.5, 0.6) is 0 Å². The van der Waals surface area contributed by atoms with E-state index in [1.807, 2.05) is 0 Å². The Labute approximate surface area is 154 Å². The Morgan fingerprint density at radius 2 is 1.50 bits per heavy atom. The van der Waals surface area contributed by atoms with Crippen LogP contribution in [0.15, 0.2) is 60.7 Å². The maximum Gasteiger partial charge on any atom is 0.338 e. The maximum atomic E-state index is 14.3. The summed E-state index contributed by atoms with van der Waals surface area (Å²) in [6.45, 7) is -0.178. The minimum Gasteiger partial charge on any atom is -0.461 e. The van der Waals surface area contributed by atoms with Gasteiger partial charge in [-0.1, -0.05) is 36.4 Å². The first kappa shape index (κ1) is 18.4. The number of aliphatic hydroxyl groups is 1. The topological polar surface area (TPSA) is 72.8 Å². The largest absolute Gasteiger partial charge is 0.461 e. The number of esters is 2. The fourth-order valence-electron chi connectivity index (χ4n) is 2.56. The lowest BCUT2D eigenvalue weighted by molar-refractivity contribution is -0.0112. The number of thioether (sulfide) groups is 1. The second kappa shape index (κ2) is 8.33. The quantitative estimate of drug-likeness (QED) is 0.809. The predicted octanol–water partition coefficient (Wildman–Crippen LogP) is 2.84. The van der Waals surface area contributed by atoms with E-state index in [-0.39, 0.29) is 12.2 Å². The summed E-state index contributed by atoms with van der Waals surface area (Å²) in [5.41, 5.74) is -0.694. The minimum atomic E-state index is -1.76. The molecule has 0 aromatic heterocycles. The molecule has 4 atom stereocenters. The third-order valence-electron chi connectivity index (χ3n) is 3.91. The van der Waals surface area contributed by atoms with Gasteiger partial charge in [0.2, 0.25) is 0 Å². The monoisotopic (exact) mass is 376 g/mol. The van der Waals surface area contributed by atoms with Gasteiger partial charge in [0.05, 0.1) is 16.4 Å². The van der Waals surface area contributed by atoms with E-state index < -0.39 is 34.9 Å². The van der Waals surface area contributed by atoms with Gasteiger partial charge in [-0.2, -0.15) is 0 Å². The molecule has 0 saturated carbocycles. The molecule has 0 amide bonds. The van der Waals surface area contributed by atoms with Crippen molar-refractivity contribution in [1.29, 1.82) is 0 Å². The van der Waals surface area contributed by atoms with E-state index >= 15 is 0 Å². The second-order valence-electron chi connectivity index (χ2n) is 5.71. The molecule has 1 unspecified atom stereocenters. The number of alkyl halides is 1. The zero-order chi connectivity index (χ0) is 18.5. The molecule has 7 heteroatoms. The zero-order valence-corrected chi connectivity index (χ0v) is 14.5. The van der Waals surface area contributed by atoms with Crippen molar-refractivity contribution in [3.8, 4) is 0 Å². The Morgan fingerprint density at radius 3 is 2.08 bits per heavy atom. The average molecular weight is 376 g/mol. The van der Waals surface area contributed by atoms with E-state index in [0.717, 1.165) is 11.8 Å². The molecular formula is C19H17FO5S. The molecule has 1 saturated heterocycles. The second-order valence-corrected chi connectivity index (χ2v) is 7.07. The summed E-state index contributed by atoms with van der Waals surface area (Å²) in [4.78, 5) is 24.2. The van der Waals surface area contributed by atoms with E-state index in [4.69, 9.17) is 9.47 Å². The van der Waals surface area contributed by atoms with Gasteiger partial charge in [-0.05, 0) is 24.3 Å². The summed E-state index contributed by atoms with van der Waals surface area (Å²) >= 11 is 0.882.